The molecule has 2 aromatic heterocycles. The third kappa shape index (κ3) is 3.94. The molecule has 27 heavy (non-hydrogen) atoms. The van der Waals surface area contributed by atoms with Crippen LogP contribution in [0.2, 0.25) is 0 Å². The number of benzene rings is 1. The van der Waals surface area contributed by atoms with Crippen molar-refractivity contribution in [3.8, 4) is 0 Å². The van der Waals surface area contributed by atoms with Crippen molar-refractivity contribution < 1.29 is 4.79 Å². The highest BCUT2D eigenvalue weighted by atomic mass is 16.2. The molecule has 1 aromatic carbocycles. The predicted molar refractivity (Wildman–Crippen MR) is 106 cm³/mol. The van der Waals surface area contributed by atoms with Gasteiger partial charge >= 0.3 is 0 Å². The number of hydrogen-bond donors (Lipinski definition) is 0. The zero-order valence-electron chi connectivity index (χ0n) is 16.9. The molecule has 3 aromatic rings. The fourth-order valence-corrected chi connectivity index (χ4v) is 3.39. The molecule has 0 saturated carbocycles. The first kappa shape index (κ1) is 18.9. The molecule has 0 unspecified atom stereocenters. The first-order valence-electron chi connectivity index (χ1n) is 9.10. The normalized spacial score (nSPS) is 11.0. The third-order valence-corrected chi connectivity index (χ3v) is 5.01. The second kappa shape index (κ2) is 7.39. The van der Waals surface area contributed by atoms with E-state index in [9.17, 15) is 4.79 Å². The van der Waals surface area contributed by atoms with Crippen molar-refractivity contribution in [2.24, 2.45) is 7.05 Å². The summed E-state index contributed by atoms with van der Waals surface area (Å²) in [5.41, 5.74) is 7.03. The maximum atomic E-state index is 12.9. The summed E-state index contributed by atoms with van der Waals surface area (Å²) in [6, 6.07) is 9.84. The maximum absolute atomic E-state index is 12.9. The summed E-state index contributed by atoms with van der Waals surface area (Å²) in [5.74, 6) is 0.00729. The minimum Gasteiger partial charge on any atom is -0.337 e. The van der Waals surface area contributed by atoms with E-state index in [-0.39, 0.29) is 5.91 Å². The van der Waals surface area contributed by atoms with Gasteiger partial charge in [-0.1, -0.05) is 12.1 Å². The minimum atomic E-state index is 0.00729. The quantitative estimate of drug-likeness (QED) is 0.698. The van der Waals surface area contributed by atoms with E-state index >= 15 is 0 Å². The van der Waals surface area contributed by atoms with Crippen LogP contribution in [-0.4, -0.2) is 37.4 Å². The lowest BCUT2D eigenvalue weighted by molar-refractivity contribution is 0.0784. The van der Waals surface area contributed by atoms with Gasteiger partial charge in [-0.3, -0.25) is 14.2 Å². The van der Waals surface area contributed by atoms with Gasteiger partial charge < -0.3 is 4.90 Å². The molecule has 0 fully saturated rings. The zero-order valence-corrected chi connectivity index (χ0v) is 16.9. The lowest BCUT2D eigenvalue weighted by Crippen LogP contribution is -2.26. The summed E-state index contributed by atoms with van der Waals surface area (Å²) in [6.45, 7) is 9.25. The van der Waals surface area contributed by atoms with Crippen molar-refractivity contribution >= 4 is 5.91 Å². The van der Waals surface area contributed by atoms with E-state index in [1.165, 1.54) is 0 Å². The Hall–Kier alpha value is -2.89. The van der Waals surface area contributed by atoms with Crippen molar-refractivity contribution in [1.82, 2.24) is 24.5 Å². The molecule has 3 rings (SSSR count). The Morgan fingerprint density at radius 2 is 1.85 bits per heavy atom. The van der Waals surface area contributed by atoms with Gasteiger partial charge in [0, 0.05) is 43.2 Å². The van der Waals surface area contributed by atoms with Crippen molar-refractivity contribution in [2.45, 2.75) is 40.8 Å². The highest BCUT2D eigenvalue weighted by molar-refractivity contribution is 5.94. The van der Waals surface area contributed by atoms with Crippen molar-refractivity contribution in [1.29, 1.82) is 0 Å². The molecule has 0 aliphatic rings. The monoisotopic (exact) mass is 365 g/mol. The van der Waals surface area contributed by atoms with Gasteiger partial charge in [0.15, 0.2) is 0 Å². The summed E-state index contributed by atoms with van der Waals surface area (Å²) < 4.78 is 3.82. The van der Waals surface area contributed by atoms with Crippen LogP contribution in [0.15, 0.2) is 30.3 Å². The molecule has 0 radical (unpaired) electrons. The van der Waals surface area contributed by atoms with E-state index in [1.54, 1.807) is 4.90 Å². The average molecular weight is 365 g/mol. The first-order valence-corrected chi connectivity index (χ1v) is 9.10. The van der Waals surface area contributed by atoms with Gasteiger partial charge in [0.25, 0.3) is 5.91 Å². The molecule has 0 saturated heterocycles. The summed E-state index contributed by atoms with van der Waals surface area (Å²) >= 11 is 0. The van der Waals surface area contributed by atoms with Crippen LogP contribution >= 0.6 is 0 Å². The molecule has 1 amide bonds. The number of carbonyl (C=O) groups is 1. The van der Waals surface area contributed by atoms with Gasteiger partial charge in [-0.05, 0) is 51.5 Å². The number of amides is 1. The number of hydrogen-bond acceptors (Lipinski definition) is 3. The number of nitrogens with zero attached hydrogens (tertiary/aromatic N) is 5. The molecule has 0 bridgehead atoms. The SMILES string of the molecule is Cc1cc(C)n(Cc2cccc(C(=O)N(C)Cc3c(C)nn(C)c3C)c2)n1. The number of aromatic nitrogens is 4. The van der Waals surface area contributed by atoms with Gasteiger partial charge in [0.1, 0.15) is 0 Å². The fraction of sp³-hybridized carbons (Fsp3) is 0.381. The van der Waals surface area contributed by atoms with Crippen LogP contribution in [-0.2, 0) is 20.1 Å². The average Bonchev–Trinajstić information content (AvgIpc) is 3.06. The maximum Gasteiger partial charge on any atom is 0.253 e. The number of rotatable bonds is 5. The Labute approximate surface area is 160 Å². The molecule has 0 aliphatic carbocycles. The van der Waals surface area contributed by atoms with Crippen LogP contribution < -0.4 is 0 Å². The van der Waals surface area contributed by atoms with Gasteiger partial charge in [0.05, 0.1) is 17.9 Å². The Morgan fingerprint density at radius 3 is 2.44 bits per heavy atom. The lowest BCUT2D eigenvalue weighted by Gasteiger charge is -2.18. The van der Waals surface area contributed by atoms with Crippen molar-refractivity contribution in [3.05, 3.63) is 69.8 Å². The van der Waals surface area contributed by atoms with Gasteiger partial charge in [-0.2, -0.15) is 10.2 Å². The molecule has 0 spiro atoms. The zero-order chi connectivity index (χ0) is 19.7. The van der Waals surface area contributed by atoms with E-state index in [0.717, 1.165) is 33.9 Å². The predicted octanol–water partition coefficient (Wildman–Crippen LogP) is 3.17. The van der Waals surface area contributed by atoms with Crippen molar-refractivity contribution in [2.75, 3.05) is 7.05 Å². The fourth-order valence-electron chi connectivity index (χ4n) is 3.39. The second-order valence-electron chi connectivity index (χ2n) is 7.22. The van der Waals surface area contributed by atoms with Gasteiger partial charge in [-0.25, -0.2) is 0 Å². The lowest BCUT2D eigenvalue weighted by atomic mass is 10.1. The molecule has 142 valence electrons. The molecule has 2 heterocycles. The summed E-state index contributed by atoms with van der Waals surface area (Å²) in [4.78, 5) is 14.7. The Morgan fingerprint density at radius 1 is 1.11 bits per heavy atom. The summed E-state index contributed by atoms with van der Waals surface area (Å²) in [5, 5.41) is 8.94. The Bertz CT molecular complexity index is 983. The standard InChI is InChI=1S/C21H27N5O/c1-14-10-15(2)26(22-14)12-18-8-7-9-19(11-18)21(27)24(5)13-20-16(3)23-25(6)17(20)4/h7-11H,12-13H2,1-6H3. The van der Waals surface area contributed by atoms with E-state index in [1.807, 2.05) is 75.4 Å². The second-order valence-corrected chi connectivity index (χ2v) is 7.22. The molecule has 0 atom stereocenters. The molecule has 6 nitrogen and oxygen atoms in total. The highest BCUT2D eigenvalue weighted by Crippen LogP contribution is 2.17. The minimum absolute atomic E-state index is 0.00729. The van der Waals surface area contributed by atoms with E-state index in [0.29, 0.717) is 18.7 Å². The van der Waals surface area contributed by atoms with Crippen LogP contribution in [0, 0.1) is 27.7 Å². The van der Waals surface area contributed by atoms with Crippen LogP contribution in [0.1, 0.15) is 44.3 Å². The molecule has 0 N–H and O–H groups in total. The Balaban J connectivity index is 1.77. The largest absolute Gasteiger partial charge is 0.337 e. The van der Waals surface area contributed by atoms with Crippen LogP contribution in [0.5, 0.6) is 0 Å². The molecular formula is C21H27N5O. The van der Waals surface area contributed by atoms with Gasteiger partial charge in [-0.15, -0.1) is 0 Å². The van der Waals surface area contributed by atoms with Gasteiger partial charge in [0.2, 0.25) is 0 Å². The first-order chi connectivity index (χ1) is 12.8. The van der Waals surface area contributed by atoms with Crippen molar-refractivity contribution in [3.63, 3.8) is 0 Å². The number of carbonyl (C=O) groups excluding carboxylic acids is 1. The topological polar surface area (TPSA) is 56.0 Å². The van der Waals surface area contributed by atoms with Crippen LogP contribution in [0.3, 0.4) is 0 Å². The highest BCUT2D eigenvalue weighted by Gasteiger charge is 2.17. The number of aryl methyl sites for hydroxylation is 4. The van der Waals surface area contributed by atoms with E-state index < -0.39 is 0 Å². The Kier molecular flexibility index (Phi) is 5.17. The van der Waals surface area contributed by atoms with Crippen LogP contribution in [0.4, 0.5) is 0 Å². The van der Waals surface area contributed by atoms with Crippen LogP contribution in [0.25, 0.3) is 0 Å². The summed E-state index contributed by atoms with van der Waals surface area (Å²) in [7, 11) is 3.76. The summed E-state index contributed by atoms with van der Waals surface area (Å²) in [6.07, 6.45) is 0. The van der Waals surface area contributed by atoms with E-state index in [4.69, 9.17) is 0 Å². The molecule has 6 heteroatoms. The smallest absolute Gasteiger partial charge is 0.253 e. The molecular weight excluding hydrogens is 338 g/mol. The van der Waals surface area contributed by atoms with E-state index in [2.05, 4.69) is 16.3 Å². The third-order valence-electron chi connectivity index (χ3n) is 5.01. The molecule has 0 aliphatic heterocycles.